The highest BCUT2D eigenvalue weighted by atomic mass is 32.2. The summed E-state index contributed by atoms with van der Waals surface area (Å²) >= 11 is 1.38. The number of hydrogen-bond acceptors (Lipinski definition) is 8. The lowest BCUT2D eigenvalue weighted by atomic mass is 10.2. The van der Waals surface area contributed by atoms with Crippen LogP contribution in [-0.2, 0) is 0 Å². The second-order valence-electron chi connectivity index (χ2n) is 3.01. The summed E-state index contributed by atoms with van der Waals surface area (Å²) in [7, 11) is 0. The van der Waals surface area contributed by atoms with Gasteiger partial charge in [0.1, 0.15) is 5.69 Å². The molecule has 8 N–H and O–H groups in total. The first-order chi connectivity index (χ1) is 8.21. The van der Waals surface area contributed by atoms with Crippen molar-refractivity contribution in [3.63, 3.8) is 0 Å². The zero-order chi connectivity index (χ0) is 12.4. The van der Waals surface area contributed by atoms with Crippen molar-refractivity contribution in [2.24, 2.45) is 22.5 Å². The van der Waals surface area contributed by atoms with Gasteiger partial charge in [0.15, 0.2) is 22.5 Å². The minimum Gasteiger partial charge on any atom is -0.380 e. The number of nitrogens with two attached hydrogens (primary N) is 3. The average Bonchev–Trinajstić information content (AvgIpc) is 2.80. The van der Waals surface area contributed by atoms with Gasteiger partial charge in [-0.25, -0.2) is 15.8 Å². The molecule has 0 radical (unpaired) electrons. The lowest BCUT2D eigenvalue weighted by Crippen LogP contribution is -2.17. The SMILES string of the molecule is CSc1nc(NN)c2c(/C(N)=N/N)[nH]nc2n1. The highest BCUT2D eigenvalue weighted by Gasteiger charge is 2.16. The van der Waals surface area contributed by atoms with Crippen LogP contribution in [0.5, 0.6) is 0 Å². The van der Waals surface area contributed by atoms with Crippen LogP contribution in [0.2, 0.25) is 0 Å². The summed E-state index contributed by atoms with van der Waals surface area (Å²) in [5.74, 6) is 11.0. The molecular weight excluding hydrogens is 242 g/mol. The Morgan fingerprint density at radius 2 is 2.24 bits per heavy atom. The fourth-order valence-corrected chi connectivity index (χ4v) is 1.71. The first-order valence-electron chi connectivity index (χ1n) is 4.51. The van der Waals surface area contributed by atoms with Crippen molar-refractivity contribution in [2.75, 3.05) is 11.7 Å². The number of aromatic nitrogens is 4. The number of fused-ring (bicyclic) bond motifs is 1. The Bertz CT molecular complexity index is 574. The Kier molecular flexibility index (Phi) is 2.97. The number of anilines is 1. The number of hydrogen-bond donors (Lipinski definition) is 5. The Balaban J connectivity index is 2.75. The molecule has 2 rings (SSSR count). The van der Waals surface area contributed by atoms with Gasteiger partial charge < -0.3 is 17.0 Å². The number of H-pyrrole nitrogens is 1. The molecule has 2 heterocycles. The maximum atomic E-state index is 5.62. The van der Waals surface area contributed by atoms with E-state index in [2.05, 4.69) is 30.7 Å². The first-order valence-corrected chi connectivity index (χ1v) is 5.74. The van der Waals surface area contributed by atoms with Crippen LogP contribution in [0.4, 0.5) is 5.82 Å². The van der Waals surface area contributed by atoms with E-state index < -0.39 is 0 Å². The zero-order valence-electron chi connectivity index (χ0n) is 8.93. The highest BCUT2D eigenvalue weighted by Crippen LogP contribution is 2.24. The standard InChI is InChI=1S/C7H11N9S/c1-17-7-11-5(14-10)2-3(4(8)13-9)15-16-6(2)12-7/h9-10H2,1H3,(H2,8,13)(H2,11,12,14,15,16). The molecule has 0 spiro atoms. The van der Waals surface area contributed by atoms with E-state index >= 15 is 0 Å². The average molecular weight is 253 g/mol. The molecule has 0 atom stereocenters. The van der Waals surface area contributed by atoms with E-state index in [1.165, 1.54) is 11.8 Å². The topological polar surface area (TPSA) is 157 Å². The molecule has 10 heteroatoms. The Morgan fingerprint density at radius 1 is 1.47 bits per heavy atom. The third-order valence-electron chi connectivity index (χ3n) is 2.11. The highest BCUT2D eigenvalue weighted by molar-refractivity contribution is 7.98. The lowest BCUT2D eigenvalue weighted by molar-refractivity contribution is 0.980. The van der Waals surface area contributed by atoms with Gasteiger partial charge in [0, 0.05) is 0 Å². The summed E-state index contributed by atoms with van der Waals surface area (Å²) in [6, 6.07) is 0. The second kappa shape index (κ2) is 4.43. The van der Waals surface area contributed by atoms with Gasteiger partial charge in [0.25, 0.3) is 0 Å². The minimum absolute atomic E-state index is 0.101. The maximum absolute atomic E-state index is 5.62. The van der Waals surface area contributed by atoms with Crippen LogP contribution < -0.4 is 22.8 Å². The number of rotatable bonds is 3. The Hall–Kier alpha value is -2.07. The number of nitrogens with zero attached hydrogens (tertiary/aromatic N) is 4. The molecule has 0 unspecified atom stereocenters. The van der Waals surface area contributed by atoms with E-state index in [9.17, 15) is 0 Å². The molecule has 90 valence electrons. The zero-order valence-corrected chi connectivity index (χ0v) is 9.75. The summed E-state index contributed by atoms with van der Waals surface area (Å²) in [4.78, 5) is 8.39. The molecule has 0 aliphatic rings. The van der Waals surface area contributed by atoms with Crippen molar-refractivity contribution in [1.29, 1.82) is 0 Å². The normalized spacial score (nSPS) is 12.0. The summed E-state index contributed by atoms with van der Waals surface area (Å²) in [6.45, 7) is 0. The van der Waals surface area contributed by atoms with Gasteiger partial charge in [-0.05, 0) is 6.26 Å². The molecule has 0 saturated carbocycles. The van der Waals surface area contributed by atoms with E-state index in [4.69, 9.17) is 17.4 Å². The fraction of sp³-hybridized carbons (Fsp3) is 0.143. The molecule has 0 amide bonds. The molecule has 0 aromatic carbocycles. The number of thioether (sulfide) groups is 1. The van der Waals surface area contributed by atoms with E-state index in [1.807, 2.05) is 6.26 Å². The lowest BCUT2D eigenvalue weighted by Gasteiger charge is -2.03. The molecule has 0 fully saturated rings. The van der Waals surface area contributed by atoms with Crippen molar-refractivity contribution < 1.29 is 0 Å². The maximum Gasteiger partial charge on any atom is 0.191 e. The van der Waals surface area contributed by atoms with E-state index in [0.717, 1.165) is 0 Å². The van der Waals surface area contributed by atoms with Crippen LogP contribution >= 0.6 is 11.8 Å². The summed E-state index contributed by atoms with van der Waals surface area (Å²) in [5, 5.41) is 11.2. The number of nitrogens with one attached hydrogen (secondary N) is 2. The predicted octanol–water partition coefficient (Wildman–Crippen LogP) is -1.06. The molecule has 0 aliphatic carbocycles. The predicted molar refractivity (Wildman–Crippen MR) is 66.2 cm³/mol. The summed E-state index contributed by atoms with van der Waals surface area (Å²) in [6.07, 6.45) is 1.85. The first kappa shape index (κ1) is 11.4. The molecule has 17 heavy (non-hydrogen) atoms. The minimum atomic E-state index is 0.101. The smallest absolute Gasteiger partial charge is 0.191 e. The molecule has 0 saturated heterocycles. The third kappa shape index (κ3) is 1.83. The molecule has 0 bridgehead atoms. The van der Waals surface area contributed by atoms with Gasteiger partial charge in [-0.2, -0.15) is 10.2 Å². The quantitative estimate of drug-likeness (QED) is 0.116. The summed E-state index contributed by atoms with van der Waals surface area (Å²) < 4.78 is 0. The van der Waals surface area contributed by atoms with Gasteiger partial charge >= 0.3 is 0 Å². The van der Waals surface area contributed by atoms with Crippen LogP contribution in [-0.4, -0.2) is 32.3 Å². The van der Waals surface area contributed by atoms with Crippen molar-refractivity contribution in [3.8, 4) is 0 Å². The van der Waals surface area contributed by atoms with Crippen LogP contribution in [0.25, 0.3) is 11.0 Å². The number of amidine groups is 1. The Labute approximate surface area is 100 Å². The van der Waals surface area contributed by atoms with Crippen molar-refractivity contribution in [1.82, 2.24) is 20.2 Å². The molecular formula is C7H11N9S. The number of nitrogen functional groups attached to an aromatic ring is 1. The Morgan fingerprint density at radius 3 is 2.82 bits per heavy atom. The number of hydrazine groups is 1. The van der Waals surface area contributed by atoms with E-state index in [1.54, 1.807) is 0 Å². The number of hydrazone groups is 1. The van der Waals surface area contributed by atoms with Crippen molar-refractivity contribution >= 4 is 34.4 Å². The van der Waals surface area contributed by atoms with E-state index in [-0.39, 0.29) is 5.84 Å². The van der Waals surface area contributed by atoms with Gasteiger partial charge in [0.2, 0.25) is 0 Å². The molecule has 0 aliphatic heterocycles. The van der Waals surface area contributed by atoms with Crippen LogP contribution in [0, 0.1) is 0 Å². The van der Waals surface area contributed by atoms with Crippen LogP contribution in [0.15, 0.2) is 10.3 Å². The fourth-order valence-electron chi connectivity index (χ4n) is 1.35. The van der Waals surface area contributed by atoms with Gasteiger partial charge in [-0.3, -0.25) is 5.10 Å². The molecule has 9 nitrogen and oxygen atoms in total. The van der Waals surface area contributed by atoms with E-state index in [0.29, 0.717) is 27.7 Å². The van der Waals surface area contributed by atoms with Crippen molar-refractivity contribution in [2.45, 2.75) is 5.16 Å². The molecule has 2 aromatic rings. The third-order valence-corrected chi connectivity index (χ3v) is 2.66. The van der Waals surface area contributed by atoms with Gasteiger partial charge in [0.05, 0.1) is 5.39 Å². The van der Waals surface area contributed by atoms with Crippen molar-refractivity contribution in [3.05, 3.63) is 5.69 Å². The second-order valence-corrected chi connectivity index (χ2v) is 3.79. The van der Waals surface area contributed by atoms with Crippen LogP contribution in [0.3, 0.4) is 0 Å². The van der Waals surface area contributed by atoms with Gasteiger partial charge in [-0.1, -0.05) is 11.8 Å². The largest absolute Gasteiger partial charge is 0.380 e. The number of aromatic amines is 1. The monoisotopic (exact) mass is 253 g/mol. The molecule has 2 aromatic heterocycles. The van der Waals surface area contributed by atoms with Gasteiger partial charge in [-0.15, -0.1) is 0 Å². The van der Waals surface area contributed by atoms with Crippen LogP contribution in [0.1, 0.15) is 5.69 Å². The summed E-state index contributed by atoms with van der Waals surface area (Å²) in [5.41, 5.74) is 8.97.